The van der Waals surface area contributed by atoms with Crippen molar-refractivity contribution in [2.45, 2.75) is 18.9 Å². The zero-order valence-corrected chi connectivity index (χ0v) is 8.52. The third-order valence-electron chi connectivity index (χ3n) is 2.08. The quantitative estimate of drug-likeness (QED) is 0.601. The van der Waals surface area contributed by atoms with Crippen molar-refractivity contribution in [2.75, 3.05) is 6.54 Å². The third-order valence-corrected chi connectivity index (χ3v) is 2.08. The van der Waals surface area contributed by atoms with E-state index in [0.29, 0.717) is 0 Å². The number of carboxylic acids is 1. The molecule has 4 heteroatoms. The predicted octanol–water partition coefficient (Wildman–Crippen LogP) is 0.996. The summed E-state index contributed by atoms with van der Waals surface area (Å²) in [5.74, 6) is -0.720. The predicted molar refractivity (Wildman–Crippen MR) is 59.2 cm³/mol. The number of carboxylic acid groups (broad SMARTS) is 1. The molecule has 0 saturated carbocycles. The van der Waals surface area contributed by atoms with Crippen LogP contribution in [-0.2, 0) is 4.79 Å². The van der Waals surface area contributed by atoms with Gasteiger partial charge in [0.15, 0.2) is 0 Å². The van der Waals surface area contributed by atoms with E-state index in [2.05, 4.69) is 10.6 Å². The van der Waals surface area contributed by atoms with E-state index in [9.17, 15) is 4.79 Å². The number of hydrogen-bond acceptors (Lipinski definition) is 3. The molecule has 0 aliphatic carbocycles. The molecule has 82 valence electrons. The van der Waals surface area contributed by atoms with Gasteiger partial charge in [-0.25, -0.2) is 0 Å². The van der Waals surface area contributed by atoms with Gasteiger partial charge in [0.2, 0.25) is 0 Å². The Bertz CT molecular complexity index is 262. The molecule has 0 aromatic rings. The van der Waals surface area contributed by atoms with E-state index in [1.165, 1.54) is 0 Å². The average Bonchev–Trinajstić information content (AvgIpc) is 2.60. The fourth-order valence-electron chi connectivity index (χ4n) is 1.30. The van der Waals surface area contributed by atoms with Crippen molar-refractivity contribution >= 4 is 5.97 Å². The van der Waals surface area contributed by atoms with Gasteiger partial charge in [-0.2, -0.15) is 0 Å². The maximum absolute atomic E-state index is 10.1. The molecule has 1 saturated heterocycles. The summed E-state index contributed by atoms with van der Waals surface area (Å²) in [4.78, 5) is 10.1. The molecule has 15 heavy (non-hydrogen) atoms. The lowest BCUT2D eigenvalue weighted by Crippen LogP contribution is -2.29. The Morgan fingerprint density at radius 3 is 2.27 bits per heavy atom. The number of carbonyl (C=O) groups is 1. The van der Waals surface area contributed by atoms with E-state index in [0.717, 1.165) is 19.4 Å². The molecule has 4 nitrogen and oxygen atoms in total. The molecule has 1 atom stereocenters. The van der Waals surface area contributed by atoms with Crippen LogP contribution in [0.25, 0.3) is 0 Å². The van der Waals surface area contributed by atoms with Crippen molar-refractivity contribution in [3.63, 3.8) is 0 Å². The number of hydrogen-bond donors (Lipinski definition) is 3. The average molecular weight is 208 g/mol. The Hall–Kier alpha value is -1.55. The van der Waals surface area contributed by atoms with Crippen LogP contribution in [0.15, 0.2) is 36.7 Å². The van der Waals surface area contributed by atoms with Gasteiger partial charge in [-0.3, -0.25) is 4.79 Å². The first-order chi connectivity index (χ1) is 7.30. The zero-order valence-electron chi connectivity index (χ0n) is 8.52. The van der Waals surface area contributed by atoms with Gasteiger partial charge in [0.1, 0.15) is 6.04 Å². The lowest BCUT2D eigenvalue weighted by Gasteiger charge is -1.99. The van der Waals surface area contributed by atoms with Crippen LogP contribution >= 0.6 is 0 Å². The second kappa shape index (κ2) is 6.84. The zero-order chi connectivity index (χ0) is 10.9. The Balaban J connectivity index is 0.000000151. The van der Waals surface area contributed by atoms with E-state index >= 15 is 0 Å². The summed E-state index contributed by atoms with van der Waals surface area (Å²) in [5, 5.41) is 14.1. The van der Waals surface area contributed by atoms with E-state index in [4.69, 9.17) is 5.11 Å². The highest BCUT2D eigenvalue weighted by Gasteiger charge is 2.20. The summed E-state index contributed by atoms with van der Waals surface area (Å²) in [7, 11) is 0. The van der Waals surface area contributed by atoms with Crippen molar-refractivity contribution in [1.82, 2.24) is 10.6 Å². The Kier molecular flexibility index (Phi) is 5.25. The SMILES string of the molecule is C1=CC=CNC=C1.O=C(O)[C@@H]1CCCN1. The van der Waals surface area contributed by atoms with Gasteiger partial charge in [-0.15, -0.1) is 0 Å². The van der Waals surface area contributed by atoms with E-state index in [1.807, 2.05) is 36.7 Å². The second-order valence-electron chi connectivity index (χ2n) is 3.26. The lowest BCUT2D eigenvalue weighted by atomic mass is 10.2. The minimum atomic E-state index is -0.720. The number of aliphatic carboxylic acids is 1. The van der Waals surface area contributed by atoms with Crippen LogP contribution in [0.5, 0.6) is 0 Å². The van der Waals surface area contributed by atoms with Gasteiger partial charge in [0, 0.05) is 12.4 Å². The molecule has 2 heterocycles. The summed E-state index contributed by atoms with van der Waals surface area (Å²) in [5.41, 5.74) is 0. The highest BCUT2D eigenvalue weighted by Crippen LogP contribution is 2.03. The van der Waals surface area contributed by atoms with Gasteiger partial charge in [-0.05, 0) is 31.5 Å². The van der Waals surface area contributed by atoms with Crippen LogP contribution in [0, 0.1) is 0 Å². The summed E-state index contributed by atoms with van der Waals surface area (Å²) < 4.78 is 0. The minimum absolute atomic E-state index is 0.269. The lowest BCUT2D eigenvalue weighted by molar-refractivity contribution is -0.139. The Morgan fingerprint density at radius 1 is 1.20 bits per heavy atom. The van der Waals surface area contributed by atoms with Gasteiger partial charge >= 0.3 is 5.97 Å². The fourth-order valence-corrected chi connectivity index (χ4v) is 1.30. The largest absolute Gasteiger partial charge is 0.480 e. The van der Waals surface area contributed by atoms with E-state index < -0.39 is 5.97 Å². The first-order valence-electron chi connectivity index (χ1n) is 5.01. The molecule has 1 fully saturated rings. The van der Waals surface area contributed by atoms with Crippen molar-refractivity contribution < 1.29 is 9.90 Å². The maximum Gasteiger partial charge on any atom is 0.320 e. The molecule has 0 aromatic carbocycles. The van der Waals surface area contributed by atoms with Crippen LogP contribution in [0.3, 0.4) is 0 Å². The van der Waals surface area contributed by atoms with Crippen LogP contribution in [0.1, 0.15) is 12.8 Å². The van der Waals surface area contributed by atoms with Gasteiger partial charge < -0.3 is 15.7 Å². The van der Waals surface area contributed by atoms with Crippen molar-refractivity contribution in [1.29, 1.82) is 0 Å². The first-order valence-corrected chi connectivity index (χ1v) is 5.01. The van der Waals surface area contributed by atoms with Gasteiger partial charge in [0.25, 0.3) is 0 Å². The molecule has 0 amide bonds. The van der Waals surface area contributed by atoms with E-state index in [-0.39, 0.29) is 6.04 Å². The maximum atomic E-state index is 10.1. The molecular formula is C11H16N2O2. The molecule has 0 spiro atoms. The minimum Gasteiger partial charge on any atom is -0.480 e. The van der Waals surface area contributed by atoms with Gasteiger partial charge in [0.05, 0.1) is 0 Å². The normalized spacial score (nSPS) is 22.5. The molecule has 0 bridgehead atoms. The molecule has 2 rings (SSSR count). The highest BCUT2D eigenvalue weighted by atomic mass is 16.4. The monoisotopic (exact) mass is 208 g/mol. The summed E-state index contributed by atoms with van der Waals surface area (Å²) in [6.07, 6.45) is 13.4. The summed E-state index contributed by atoms with van der Waals surface area (Å²) in [6.45, 7) is 0.858. The molecular weight excluding hydrogens is 192 g/mol. The van der Waals surface area contributed by atoms with E-state index in [1.54, 1.807) is 0 Å². The summed E-state index contributed by atoms with van der Waals surface area (Å²) >= 11 is 0. The van der Waals surface area contributed by atoms with Crippen molar-refractivity contribution in [3.05, 3.63) is 36.7 Å². The number of nitrogens with one attached hydrogen (secondary N) is 2. The molecule has 2 aliphatic rings. The first kappa shape index (κ1) is 11.5. The molecule has 3 N–H and O–H groups in total. The fraction of sp³-hybridized carbons (Fsp3) is 0.364. The smallest absolute Gasteiger partial charge is 0.320 e. The summed E-state index contributed by atoms with van der Waals surface area (Å²) in [6, 6.07) is -0.269. The Morgan fingerprint density at radius 2 is 1.87 bits per heavy atom. The van der Waals surface area contributed by atoms with Crippen LogP contribution < -0.4 is 10.6 Å². The number of allylic oxidation sites excluding steroid dienone is 4. The standard InChI is InChI=1S/C6H7N.C5H9NO2/c1-2-4-6-7-5-3-1;7-5(8)4-2-1-3-6-4/h1-7H;4,6H,1-3H2,(H,7,8)/t;4-/m.0/s1. The Labute approximate surface area is 89.4 Å². The van der Waals surface area contributed by atoms with Crippen LogP contribution in [0.2, 0.25) is 0 Å². The molecule has 0 radical (unpaired) electrons. The topological polar surface area (TPSA) is 61.4 Å². The third kappa shape index (κ3) is 5.02. The molecule has 0 unspecified atom stereocenters. The molecule has 0 aromatic heterocycles. The van der Waals surface area contributed by atoms with Gasteiger partial charge in [-0.1, -0.05) is 12.2 Å². The van der Waals surface area contributed by atoms with Crippen LogP contribution in [-0.4, -0.2) is 23.7 Å². The second-order valence-corrected chi connectivity index (χ2v) is 3.26. The van der Waals surface area contributed by atoms with Crippen molar-refractivity contribution in [2.24, 2.45) is 0 Å². The van der Waals surface area contributed by atoms with Crippen LogP contribution in [0.4, 0.5) is 0 Å². The van der Waals surface area contributed by atoms with Crippen molar-refractivity contribution in [3.8, 4) is 0 Å². The number of rotatable bonds is 1. The highest BCUT2D eigenvalue weighted by molar-refractivity contribution is 5.73. The molecule has 2 aliphatic heterocycles.